The second-order valence-corrected chi connectivity index (χ2v) is 7.16. The molecule has 0 spiro atoms. The average Bonchev–Trinajstić information content (AvgIpc) is 2.90. The Kier molecular flexibility index (Phi) is 11.5. The lowest BCUT2D eigenvalue weighted by Crippen LogP contribution is -2.40. The first-order valence-electron chi connectivity index (χ1n) is 7.06. The Morgan fingerprint density at radius 1 is 1.38 bits per heavy atom. The molecule has 1 aromatic rings. The first kappa shape index (κ1) is 21.0. The maximum Gasteiger partial charge on any atom is 0.191 e. The maximum absolute atomic E-state index is 4.61. The molecule has 0 aliphatic heterocycles. The average molecular weight is 442 g/mol. The summed E-state index contributed by atoms with van der Waals surface area (Å²) in [6.07, 6.45) is 2.12. The van der Waals surface area contributed by atoms with Crippen LogP contribution in [0.25, 0.3) is 0 Å². The predicted octanol–water partition coefficient (Wildman–Crippen LogP) is 3.69. The highest BCUT2D eigenvalue weighted by atomic mass is 127. The van der Waals surface area contributed by atoms with Crippen LogP contribution in [0, 0.1) is 0 Å². The third-order valence-corrected chi connectivity index (χ3v) is 4.66. The van der Waals surface area contributed by atoms with E-state index in [4.69, 9.17) is 0 Å². The fourth-order valence-electron chi connectivity index (χ4n) is 1.48. The molecule has 0 bridgehead atoms. The van der Waals surface area contributed by atoms with E-state index in [1.807, 2.05) is 11.8 Å². The number of hydrogen-bond acceptors (Lipinski definition) is 4. The second-order valence-electron chi connectivity index (χ2n) is 4.94. The molecular weight excluding hydrogens is 415 g/mol. The van der Waals surface area contributed by atoms with Crippen molar-refractivity contribution in [3.05, 3.63) is 16.1 Å². The minimum absolute atomic E-state index is 0. The zero-order valence-corrected chi connectivity index (χ0v) is 17.4. The lowest BCUT2D eigenvalue weighted by molar-refractivity contribution is 0.790. The van der Waals surface area contributed by atoms with Gasteiger partial charge in [-0.15, -0.1) is 35.3 Å². The molecule has 4 nitrogen and oxygen atoms in total. The van der Waals surface area contributed by atoms with Crippen molar-refractivity contribution in [2.45, 2.75) is 45.4 Å². The van der Waals surface area contributed by atoms with Gasteiger partial charge in [-0.2, -0.15) is 11.8 Å². The van der Waals surface area contributed by atoms with Crippen molar-refractivity contribution in [1.82, 2.24) is 15.6 Å². The van der Waals surface area contributed by atoms with Crippen LogP contribution < -0.4 is 10.6 Å². The van der Waals surface area contributed by atoms with Crippen molar-refractivity contribution < 1.29 is 0 Å². The summed E-state index contributed by atoms with van der Waals surface area (Å²) in [6, 6.07) is 0. The largest absolute Gasteiger partial charge is 0.357 e. The van der Waals surface area contributed by atoms with Gasteiger partial charge >= 0.3 is 0 Å². The van der Waals surface area contributed by atoms with E-state index in [1.54, 1.807) is 11.3 Å². The van der Waals surface area contributed by atoms with Gasteiger partial charge in [0, 0.05) is 23.7 Å². The van der Waals surface area contributed by atoms with Crippen molar-refractivity contribution >= 4 is 53.0 Å². The molecular formula is C14H27IN4S2. The summed E-state index contributed by atoms with van der Waals surface area (Å²) in [7, 11) is 0. The summed E-state index contributed by atoms with van der Waals surface area (Å²) in [4.78, 5) is 9.20. The Balaban J connectivity index is 0.00000400. The quantitative estimate of drug-likeness (QED) is 0.384. The van der Waals surface area contributed by atoms with Gasteiger partial charge in [-0.3, -0.25) is 0 Å². The molecule has 0 saturated carbocycles. The molecule has 0 aliphatic carbocycles. The molecule has 0 aliphatic rings. The first-order chi connectivity index (χ1) is 9.56. The molecule has 0 aromatic carbocycles. The topological polar surface area (TPSA) is 49.3 Å². The van der Waals surface area contributed by atoms with Gasteiger partial charge in [-0.25, -0.2) is 9.98 Å². The van der Waals surface area contributed by atoms with Crippen molar-refractivity contribution in [3.8, 4) is 0 Å². The maximum atomic E-state index is 4.61. The van der Waals surface area contributed by atoms with Crippen LogP contribution >= 0.6 is 47.1 Å². The van der Waals surface area contributed by atoms with Crippen LogP contribution in [0.3, 0.4) is 0 Å². The highest BCUT2D eigenvalue weighted by molar-refractivity contribution is 14.0. The van der Waals surface area contributed by atoms with Gasteiger partial charge in [0.25, 0.3) is 0 Å². The molecule has 2 N–H and O–H groups in total. The first-order valence-corrected chi connectivity index (χ1v) is 9.22. The van der Waals surface area contributed by atoms with Crippen molar-refractivity contribution in [3.63, 3.8) is 0 Å². The van der Waals surface area contributed by atoms with Crippen LogP contribution in [0.15, 0.2) is 10.4 Å². The van der Waals surface area contributed by atoms with E-state index in [1.165, 1.54) is 0 Å². The number of aliphatic imine (C=N–C) groups is 1. The number of halogens is 1. The number of thiazole rings is 1. The van der Waals surface area contributed by atoms with Crippen molar-refractivity contribution in [2.24, 2.45) is 4.99 Å². The molecule has 1 rings (SSSR count). The molecule has 21 heavy (non-hydrogen) atoms. The molecule has 0 saturated heterocycles. The van der Waals surface area contributed by atoms with E-state index in [0.29, 0.717) is 17.7 Å². The van der Waals surface area contributed by atoms with Gasteiger partial charge in [0.15, 0.2) is 5.96 Å². The van der Waals surface area contributed by atoms with Crippen LogP contribution in [0.4, 0.5) is 0 Å². The van der Waals surface area contributed by atoms with Gasteiger partial charge in [0.2, 0.25) is 0 Å². The zero-order chi connectivity index (χ0) is 15.0. The molecule has 0 fully saturated rings. The number of aromatic nitrogens is 1. The Morgan fingerprint density at radius 3 is 2.62 bits per heavy atom. The van der Waals surface area contributed by atoms with Gasteiger partial charge in [-0.1, -0.05) is 20.8 Å². The molecule has 1 heterocycles. The molecule has 1 aromatic heterocycles. The molecule has 1 atom stereocenters. The Hall–Kier alpha value is -0.0200. The minimum Gasteiger partial charge on any atom is -0.357 e. The van der Waals surface area contributed by atoms with Crippen molar-refractivity contribution in [1.29, 1.82) is 0 Å². The minimum atomic E-state index is 0. The van der Waals surface area contributed by atoms with Gasteiger partial charge < -0.3 is 10.6 Å². The van der Waals surface area contributed by atoms with Crippen LogP contribution in [0.5, 0.6) is 0 Å². The van der Waals surface area contributed by atoms with E-state index in [2.05, 4.69) is 59.9 Å². The normalized spacial score (nSPS) is 13.0. The summed E-state index contributed by atoms with van der Waals surface area (Å²) >= 11 is 3.54. The van der Waals surface area contributed by atoms with Gasteiger partial charge in [0.1, 0.15) is 5.01 Å². The van der Waals surface area contributed by atoms with Gasteiger partial charge in [0.05, 0.1) is 12.2 Å². The molecule has 0 radical (unpaired) electrons. The fraction of sp³-hybridized carbons (Fsp3) is 0.714. The van der Waals surface area contributed by atoms with E-state index in [0.717, 1.165) is 29.8 Å². The smallest absolute Gasteiger partial charge is 0.191 e. The lowest BCUT2D eigenvalue weighted by atomic mass is 10.2. The Morgan fingerprint density at radius 2 is 2.10 bits per heavy atom. The lowest BCUT2D eigenvalue weighted by Gasteiger charge is -2.13. The Bertz CT molecular complexity index is 421. The highest BCUT2D eigenvalue weighted by Gasteiger charge is 2.06. The summed E-state index contributed by atoms with van der Waals surface area (Å²) in [5.41, 5.74) is 1.16. The number of guanidine groups is 1. The summed E-state index contributed by atoms with van der Waals surface area (Å²) < 4.78 is 0. The monoisotopic (exact) mass is 442 g/mol. The molecule has 0 amide bonds. The highest BCUT2D eigenvalue weighted by Crippen LogP contribution is 2.18. The standard InChI is InChI=1S/C14H26N4S2.HI/c1-6-15-14(16-7-11(4)19-5)17-8-13-18-12(9-20-13)10(2)3;/h9-11H,6-8H2,1-5H3,(H2,15,16,17);1H. The zero-order valence-electron chi connectivity index (χ0n) is 13.5. The van der Waals surface area contributed by atoms with Crippen molar-refractivity contribution in [2.75, 3.05) is 19.3 Å². The molecule has 122 valence electrons. The SMILES string of the molecule is CCNC(=NCc1nc(C(C)C)cs1)NCC(C)SC.I. The molecule has 1 unspecified atom stereocenters. The molecule has 7 heteroatoms. The third-order valence-electron chi connectivity index (χ3n) is 2.84. The predicted molar refractivity (Wildman–Crippen MR) is 107 cm³/mol. The fourth-order valence-corrected chi connectivity index (χ4v) is 2.60. The number of thioether (sulfide) groups is 1. The van der Waals surface area contributed by atoms with Crippen LogP contribution in [0.2, 0.25) is 0 Å². The van der Waals surface area contributed by atoms with E-state index < -0.39 is 0 Å². The summed E-state index contributed by atoms with van der Waals surface area (Å²) in [5.74, 6) is 1.35. The second kappa shape index (κ2) is 11.5. The van der Waals surface area contributed by atoms with E-state index in [-0.39, 0.29) is 24.0 Å². The Labute approximate surface area is 154 Å². The van der Waals surface area contributed by atoms with Crippen LogP contribution in [-0.4, -0.2) is 35.5 Å². The van der Waals surface area contributed by atoms with E-state index >= 15 is 0 Å². The number of rotatable bonds is 7. The summed E-state index contributed by atoms with van der Waals surface area (Å²) in [6.45, 7) is 11.0. The number of nitrogens with zero attached hydrogens (tertiary/aromatic N) is 2. The number of hydrogen-bond donors (Lipinski definition) is 2. The number of nitrogens with one attached hydrogen (secondary N) is 2. The van der Waals surface area contributed by atoms with Gasteiger partial charge in [-0.05, 0) is 19.1 Å². The van der Waals surface area contributed by atoms with Crippen LogP contribution in [0.1, 0.15) is 44.3 Å². The van der Waals surface area contributed by atoms with Crippen LogP contribution in [-0.2, 0) is 6.54 Å². The summed E-state index contributed by atoms with van der Waals surface area (Å²) in [5, 5.41) is 10.4. The third kappa shape index (κ3) is 8.25. The van der Waals surface area contributed by atoms with E-state index in [9.17, 15) is 0 Å².